The first-order valence-corrected chi connectivity index (χ1v) is 6.45. The van der Waals surface area contributed by atoms with Crippen molar-refractivity contribution < 1.29 is 13.2 Å². The molecule has 0 unspecified atom stereocenters. The van der Waals surface area contributed by atoms with Crippen molar-refractivity contribution in [2.75, 3.05) is 6.26 Å². The predicted molar refractivity (Wildman–Crippen MR) is 50.7 cm³/mol. The van der Waals surface area contributed by atoms with Crippen LogP contribution in [-0.2, 0) is 15.6 Å². The minimum Gasteiger partial charge on any atom is -0.293 e. The summed E-state index contributed by atoms with van der Waals surface area (Å²) in [6.45, 7) is 1.40. The topological polar surface area (TPSA) is 64.1 Å². The highest BCUT2D eigenvalue weighted by molar-refractivity contribution is 7.90. The molecule has 1 heterocycles. The Morgan fingerprint density at radius 1 is 1.62 bits per heavy atom. The zero-order valence-electron chi connectivity index (χ0n) is 7.27. The third kappa shape index (κ3) is 3.23. The average molecular weight is 219 g/mol. The van der Waals surface area contributed by atoms with E-state index >= 15 is 0 Å². The molecule has 0 amide bonds. The van der Waals surface area contributed by atoms with Crippen molar-refractivity contribution in [1.29, 1.82) is 0 Å². The molecule has 0 aliphatic heterocycles. The number of sulfone groups is 1. The average Bonchev–Trinajstić information content (AvgIpc) is 2.31. The van der Waals surface area contributed by atoms with Crippen LogP contribution < -0.4 is 0 Å². The summed E-state index contributed by atoms with van der Waals surface area (Å²) in [6.07, 6.45) is 1.14. The first kappa shape index (κ1) is 10.3. The van der Waals surface area contributed by atoms with Crippen LogP contribution in [0.2, 0.25) is 0 Å². The Hall–Kier alpha value is -0.750. The maximum Gasteiger partial charge on any atom is 0.178 e. The molecule has 1 aromatic rings. The molecule has 1 aromatic heterocycles. The SMILES string of the molecule is CC(=O)c1csc(CS(C)(=O)=O)n1. The lowest BCUT2D eigenvalue weighted by molar-refractivity contribution is 0.101. The molecular formula is C7H9NO3S2. The van der Waals surface area contributed by atoms with E-state index in [2.05, 4.69) is 4.98 Å². The van der Waals surface area contributed by atoms with Crippen LogP contribution in [0.4, 0.5) is 0 Å². The van der Waals surface area contributed by atoms with Gasteiger partial charge in [-0.3, -0.25) is 4.79 Å². The Bertz CT molecular complexity index is 419. The van der Waals surface area contributed by atoms with Crippen LogP contribution >= 0.6 is 11.3 Å². The van der Waals surface area contributed by atoms with Gasteiger partial charge in [-0.15, -0.1) is 11.3 Å². The number of hydrogen-bond acceptors (Lipinski definition) is 5. The molecular weight excluding hydrogens is 210 g/mol. The fourth-order valence-electron chi connectivity index (χ4n) is 0.763. The van der Waals surface area contributed by atoms with Gasteiger partial charge in [0, 0.05) is 18.6 Å². The van der Waals surface area contributed by atoms with E-state index in [4.69, 9.17) is 0 Å². The molecule has 72 valence electrons. The fraction of sp³-hybridized carbons (Fsp3) is 0.429. The van der Waals surface area contributed by atoms with E-state index in [-0.39, 0.29) is 11.5 Å². The van der Waals surface area contributed by atoms with Crippen molar-refractivity contribution in [3.05, 3.63) is 16.1 Å². The molecule has 1 rings (SSSR count). The minimum atomic E-state index is -3.05. The minimum absolute atomic E-state index is 0.0923. The number of rotatable bonds is 3. The molecule has 6 heteroatoms. The summed E-state index contributed by atoms with van der Waals surface area (Å²) in [5.41, 5.74) is 0.337. The number of nitrogens with zero attached hydrogens (tertiary/aromatic N) is 1. The smallest absolute Gasteiger partial charge is 0.178 e. The summed E-state index contributed by atoms with van der Waals surface area (Å²) in [7, 11) is -3.05. The molecule has 0 saturated carbocycles. The van der Waals surface area contributed by atoms with E-state index in [0.717, 1.165) is 6.26 Å². The monoisotopic (exact) mass is 219 g/mol. The molecule has 0 atom stereocenters. The Kier molecular flexibility index (Phi) is 2.82. The Labute approximate surface area is 80.5 Å². The maximum absolute atomic E-state index is 10.9. The van der Waals surface area contributed by atoms with Gasteiger partial charge in [-0.05, 0) is 0 Å². The lowest BCUT2D eigenvalue weighted by atomic mass is 10.4. The van der Waals surface area contributed by atoms with Gasteiger partial charge in [0.15, 0.2) is 15.6 Å². The van der Waals surface area contributed by atoms with Gasteiger partial charge in [-0.25, -0.2) is 13.4 Å². The van der Waals surface area contributed by atoms with Crippen LogP contribution in [0.5, 0.6) is 0 Å². The van der Waals surface area contributed by atoms with Gasteiger partial charge < -0.3 is 0 Å². The molecule has 0 spiro atoms. The van der Waals surface area contributed by atoms with Crippen LogP contribution in [0.15, 0.2) is 5.38 Å². The summed E-state index contributed by atoms with van der Waals surface area (Å²) in [6, 6.07) is 0. The Morgan fingerprint density at radius 3 is 2.62 bits per heavy atom. The first-order chi connectivity index (χ1) is 5.88. The standard InChI is InChI=1S/C7H9NO3S2/c1-5(9)6-3-12-7(8-6)4-13(2,10)11/h3H,4H2,1-2H3. The highest BCUT2D eigenvalue weighted by Gasteiger charge is 2.10. The van der Waals surface area contributed by atoms with Gasteiger partial charge in [0.2, 0.25) is 0 Å². The number of Topliss-reactive ketones (excluding diaryl/α,β-unsaturated/α-hetero) is 1. The second-order valence-electron chi connectivity index (χ2n) is 2.75. The van der Waals surface area contributed by atoms with Crippen LogP contribution in [0.25, 0.3) is 0 Å². The van der Waals surface area contributed by atoms with Crippen molar-refractivity contribution in [1.82, 2.24) is 4.98 Å². The summed E-state index contributed by atoms with van der Waals surface area (Å²) < 4.78 is 21.7. The van der Waals surface area contributed by atoms with Crippen molar-refractivity contribution in [2.45, 2.75) is 12.7 Å². The summed E-state index contributed by atoms with van der Waals surface area (Å²) >= 11 is 1.19. The van der Waals surface area contributed by atoms with Crippen molar-refractivity contribution in [3.63, 3.8) is 0 Å². The number of thiazole rings is 1. The van der Waals surface area contributed by atoms with Crippen LogP contribution in [0.3, 0.4) is 0 Å². The second-order valence-corrected chi connectivity index (χ2v) is 5.84. The van der Waals surface area contributed by atoms with Crippen LogP contribution in [-0.4, -0.2) is 25.4 Å². The molecule has 4 nitrogen and oxygen atoms in total. The fourth-order valence-corrected chi connectivity index (χ4v) is 2.81. The lowest BCUT2D eigenvalue weighted by Gasteiger charge is -1.90. The van der Waals surface area contributed by atoms with Gasteiger partial charge in [0.1, 0.15) is 16.5 Å². The second kappa shape index (κ2) is 3.55. The predicted octanol–water partition coefficient (Wildman–Crippen LogP) is 0.890. The molecule has 0 bridgehead atoms. The van der Waals surface area contributed by atoms with Crippen LogP contribution in [0, 0.1) is 0 Å². The summed E-state index contributed by atoms with van der Waals surface area (Å²) in [5, 5.41) is 2.04. The third-order valence-electron chi connectivity index (χ3n) is 1.30. The summed E-state index contributed by atoms with van der Waals surface area (Å²) in [5.74, 6) is -0.235. The molecule has 0 aliphatic carbocycles. The number of ketones is 1. The zero-order chi connectivity index (χ0) is 10.1. The highest BCUT2D eigenvalue weighted by Crippen LogP contribution is 2.12. The summed E-state index contributed by atoms with van der Waals surface area (Å²) in [4.78, 5) is 14.7. The zero-order valence-corrected chi connectivity index (χ0v) is 8.91. The van der Waals surface area contributed by atoms with Crippen molar-refractivity contribution >= 4 is 27.0 Å². The van der Waals surface area contributed by atoms with E-state index in [1.54, 1.807) is 5.38 Å². The highest BCUT2D eigenvalue weighted by atomic mass is 32.2. The molecule has 13 heavy (non-hydrogen) atoms. The molecule has 0 aromatic carbocycles. The van der Waals surface area contributed by atoms with Gasteiger partial charge in [0.05, 0.1) is 0 Å². The Balaban J connectivity index is 2.87. The molecule has 0 saturated heterocycles. The first-order valence-electron chi connectivity index (χ1n) is 3.51. The number of hydrogen-bond donors (Lipinski definition) is 0. The van der Waals surface area contributed by atoms with E-state index in [1.807, 2.05) is 0 Å². The third-order valence-corrected chi connectivity index (χ3v) is 3.13. The van der Waals surface area contributed by atoms with Crippen molar-refractivity contribution in [3.8, 4) is 0 Å². The van der Waals surface area contributed by atoms with Gasteiger partial charge in [0.25, 0.3) is 0 Å². The van der Waals surface area contributed by atoms with Gasteiger partial charge in [-0.2, -0.15) is 0 Å². The largest absolute Gasteiger partial charge is 0.293 e. The quantitative estimate of drug-likeness (QED) is 0.708. The van der Waals surface area contributed by atoms with E-state index in [1.165, 1.54) is 18.3 Å². The van der Waals surface area contributed by atoms with E-state index < -0.39 is 9.84 Å². The molecule has 0 radical (unpaired) electrons. The lowest BCUT2D eigenvalue weighted by Crippen LogP contribution is -2.01. The van der Waals surface area contributed by atoms with Crippen LogP contribution in [0.1, 0.15) is 22.4 Å². The molecule has 0 N–H and O–H groups in total. The maximum atomic E-state index is 10.9. The van der Waals surface area contributed by atoms with Crippen molar-refractivity contribution in [2.24, 2.45) is 0 Å². The molecule has 0 aliphatic rings. The normalized spacial score (nSPS) is 11.5. The van der Waals surface area contributed by atoms with Gasteiger partial charge in [-0.1, -0.05) is 0 Å². The van der Waals surface area contributed by atoms with Gasteiger partial charge >= 0.3 is 0 Å². The number of carbonyl (C=O) groups is 1. The Morgan fingerprint density at radius 2 is 2.23 bits per heavy atom. The number of aromatic nitrogens is 1. The number of carbonyl (C=O) groups excluding carboxylic acids is 1. The van der Waals surface area contributed by atoms with E-state index in [0.29, 0.717) is 10.7 Å². The van der Waals surface area contributed by atoms with E-state index in [9.17, 15) is 13.2 Å². The molecule has 0 fully saturated rings.